The van der Waals surface area contributed by atoms with Crippen LogP contribution < -0.4 is 10.6 Å². The van der Waals surface area contributed by atoms with Crippen molar-refractivity contribution in [1.82, 2.24) is 30.3 Å². The van der Waals surface area contributed by atoms with Crippen LogP contribution >= 0.6 is 0 Å². The van der Waals surface area contributed by atoms with Crippen molar-refractivity contribution in [2.24, 2.45) is 5.92 Å². The first-order valence-corrected chi connectivity index (χ1v) is 8.66. The minimum atomic E-state index is -0.140. The van der Waals surface area contributed by atoms with Gasteiger partial charge in [0.1, 0.15) is 6.33 Å². The lowest BCUT2D eigenvalue weighted by molar-refractivity contribution is 0.166. The summed E-state index contributed by atoms with van der Waals surface area (Å²) >= 11 is 0. The lowest BCUT2D eigenvalue weighted by Crippen LogP contribution is -2.47. The molecule has 2 N–H and O–H groups in total. The molecule has 7 heteroatoms. The minimum Gasteiger partial charge on any atom is -0.337 e. The maximum Gasteiger partial charge on any atom is 0.315 e. The number of hydrogen-bond donors (Lipinski definition) is 2. The van der Waals surface area contributed by atoms with Gasteiger partial charge in [0.25, 0.3) is 0 Å². The maximum atomic E-state index is 12.0. The quantitative estimate of drug-likeness (QED) is 0.800. The van der Waals surface area contributed by atoms with Crippen molar-refractivity contribution in [3.8, 4) is 0 Å². The Morgan fingerprint density at radius 2 is 2.09 bits per heavy atom. The third kappa shape index (κ3) is 5.20. The smallest absolute Gasteiger partial charge is 0.315 e. The van der Waals surface area contributed by atoms with Gasteiger partial charge in [-0.05, 0) is 39.8 Å². The molecule has 0 radical (unpaired) electrons. The van der Waals surface area contributed by atoms with Crippen LogP contribution in [0, 0.1) is 5.92 Å². The molecule has 2 amide bonds. The second-order valence-corrected chi connectivity index (χ2v) is 6.53. The van der Waals surface area contributed by atoms with Gasteiger partial charge < -0.3 is 20.1 Å². The summed E-state index contributed by atoms with van der Waals surface area (Å²) in [6, 6.07) is 0.263. The third-order valence-corrected chi connectivity index (χ3v) is 4.77. The molecule has 1 heterocycles. The minimum absolute atomic E-state index is 0.140. The Kier molecular flexibility index (Phi) is 6.83. The standard InChI is InChI=1S/C16H30N6O/c1-4-22-12-19-20-15(22)11-18-16(23)17-10-14(21(2)3)13-8-6-5-7-9-13/h12-14H,4-11H2,1-3H3,(H2,17,18,23). The third-order valence-electron chi connectivity index (χ3n) is 4.77. The van der Waals surface area contributed by atoms with Gasteiger partial charge in [-0.3, -0.25) is 0 Å². The summed E-state index contributed by atoms with van der Waals surface area (Å²) in [6.07, 6.45) is 8.20. The van der Waals surface area contributed by atoms with Gasteiger partial charge in [-0.2, -0.15) is 0 Å². The fourth-order valence-electron chi connectivity index (χ4n) is 3.39. The molecule has 0 aromatic carbocycles. The van der Waals surface area contributed by atoms with E-state index in [1.54, 1.807) is 6.33 Å². The molecule has 23 heavy (non-hydrogen) atoms. The molecule has 1 unspecified atom stereocenters. The van der Waals surface area contributed by atoms with Crippen LogP contribution in [0.25, 0.3) is 0 Å². The Bertz CT molecular complexity index is 481. The predicted octanol–water partition coefficient (Wildman–Crippen LogP) is 1.61. The van der Waals surface area contributed by atoms with Gasteiger partial charge in [0.15, 0.2) is 5.82 Å². The summed E-state index contributed by atoms with van der Waals surface area (Å²) in [6.45, 7) is 3.91. The number of nitrogens with zero attached hydrogens (tertiary/aromatic N) is 4. The number of rotatable bonds is 7. The van der Waals surface area contributed by atoms with E-state index < -0.39 is 0 Å². The molecule has 1 atom stereocenters. The SMILES string of the molecule is CCn1cnnc1CNC(=O)NCC(C1CCCCC1)N(C)C. The summed E-state index contributed by atoms with van der Waals surface area (Å²) in [5.74, 6) is 1.46. The maximum absolute atomic E-state index is 12.0. The van der Waals surface area contributed by atoms with Crippen LogP contribution in [0.5, 0.6) is 0 Å². The Labute approximate surface area is 138 Å². The highest BCUT2D eigenvalue weighted by Crippen LogP contribution is 2.27. The first-order chi connectivity index (χ1) is 11.1. The molecule has 7 nitrogen and oxygen atoms in total. The number of likely N-dealkylation sites (N-methyl/N-ethyl adjacent to an activating group) is 1. The highest BCUT2D eigenvalue weighted by molar-refractivity contribution is 5.73. The number of carbonyl (C=O) groups excluding carboxylic acids is 1. The van der Waals surface area contributed by atoms with Crippen molar-refractivity contribution >= 4 is 6.03 Å². The molecule has 1 saturated carbocycles. The largest absolute Gasteiger partial charge is 0.337 e. The molecular formula is C16H30N6O. The van der Waals surface area contributed by atoms with Crippen molar-refractivity contribution in [1.29, 1.82) is 0 Å². The molecule has 0 saturated heterocycles. The monoisotopic (exact) mass is 322 g/mol. The van der Waals surface area contributed by atoms with Crippen LogP contribution in [0.15, 0.2) is 6.33 Å². The molecule has 2 rings (SSSR count). The number of carbonyl (C=O) groups is 1. The number of amides is 2. The Balaban J connectivity index is 1.77. The first kappa shape index (κ1) is 17.7. The van der Waals surface area contributed by atoms with E-state index in [0.29, 0.717) is 25.0 Å². The summed E-state index contributed by atoms with van der Waals surface area (Å²) in [7, 11) is 4.20. The highest BCUT2D eigenvalue weighted by Gasteiger charge is 2.25. The molecule has 1 aromatic rings. The van der Waals surface area contributed by atoms with Crippen molar-refractivity contribution in [2.45, 2.75) is 58.2 Å². The van der Waals surface area contributed by atoms with Gasteiger partial charge in [0.05, 0.1) is 6.54 Å². The Morgan fingerprint density at radius 3 is 2.74 bits per heavy atom. The Hall–Kier alpha value is -1.63. The van der Waals surface area contributed by atoms with Crippen LogP contribution in [-0.4, -0.2) is 52.4 Å². The fraction of sp³-hybridized carbons (Fsp3) is 0.812. The van der Waals surface area contributed by atoms with E-state index in [1.807, 2.05) is 11.5 Å². The summed E-state index contributed by atoms with van der Waals surface area (Å²) < 4.78 is 1.92. The van der Waals surface area contributed by atoms with Gasteiger partial charge in [-0.15, -0.1) is 10.2 Å². The lowest BCUT2D eigenvalue weighted by Gasteiger charge is -2.34. The van der Waals surface area contributed by atoms with Crippen molar-refractivity contribution in [3.63, 3.8) is 0 Å². The zero-order valence-electron chi connectivity index (χ0n) is 14.6. The van der Waals surface area contributed by atoms with Gasteiger partial charge in [-0.25, -0.2) is 4.79 Å². The van der Waals surface area contributed by atoms with Crippen molar-refractivity contribution in [3.05, 3.63) is 12.2 Å². The number of aromatic nitrogens is 3. The molecule has 0 aliphatic heterocycles. The predicted molar refractivity (Wildman–Crippen MR) is 90.0 cm³/mol. The van der Waals surface area contributed by atoms with Crippen LogP contribution in [0.2, 0.25) is 0 Å². The van der Waals surface area contributed by atoms with E-state index in [4.69, 9.17) is 0 Å². The number of urea groups is 1. The zero-order valence-corrected chi connectivity index (χ0v) is 14.6. The molecule has 1 fully saturated rings. The van der Waals surface area contributed by atoms with Crippen LogP contribution in [-0.2, 0) is 13.1 Å². The van der Waals surface area contributed by atoms with Gasteiger partial charge in [0.2, 0.25) is 0 Å². The van der Waals surface area contributed by atoms with Gasteiger partial charge in [-0.1, -0.05) is 19.3 Å². The molecular weight excluding hydrogens is 292 g/mol. The van der Waals surface area contributed by atoms with Gasteiger partial charge >= 0.3 is 6.03 Å². The summed E-state index contributed by atoms with van der Waals surface area (Å²) in [4.78, 5) is 14.3. The van der Waals surface area contributed by atoms with E-state index in [9.17, 15) is 4.79 Å². The van der Waals surface area contributed by atoms with E-state index in [1.165, 1.54) is 32.1 Å². The second kappa shape index (κ2) is 8.86. The highest BCUT2D eigenvalue weighted by atomic mass is 16.2. The van der Waals surface area contributed by atoms with Crippen molar-refractivity contribution < 1.29 is 4.79 Å². The topological polar surface area (TPSA) is 75.1 Å². The number of nitrogens with one attached hydrogen (secondary N) is 2. The van der Waals surface area contributed by atoms with Crippen LogP contribution in [0.4, 0.5) is 4.79 Å². The zero-order chi connectivity index (χ0) is 16.7. The molecule has 0 spiro atoms. The van der Waals surface area contributed by atoms with E-state index >= 15 is 0 Å². The lowest BCUT2D eigenvalue weighted by atomic mass is 9.83. The molecule has 130 valence electrons. The number of hydrogen-bond acceptors (Lipinski definition) is 4. The second-order valence-electron chi connectivity index (χ2n) is 6.53. The molecule has 1 aliphatic rings. The fourth-order valence-corrected chi connectivity index (χ4v) is 3.39. The van der Waals surface area contributed by atoms with Gasteiger partial charge in [0, 0.05) is 19.1 Å². The average Bonchev–Trinajstić information content (AvgIpc) is 3.01. The molecule has 1 aromatic heterocycles. The molecule has 1 aliphatic carbocycles. The summed E-state index contributed by atoms with van der Waals surface area (Å²) in [5, 5.41) is 13.8. The number of aryl methyl sites for hydroxylation is 1. The van der Waals surface area contributed by atoms with Crippen LogP contribution in [0.1, 0.15) is 44.9 Å². The van der Waals surface area contributed by atoms with Crippen molar-refractivity contribution in [2.75, 3.05) is 20.6 Å². The average molecular weight is 322 g/mol. The Morgan fingerprint density at radius 1 is 1.35 bits per heavy atom. The normalized spacial score (nSPS) is 17.2. The summed E-state index contributed by atoms with van der Waals surface area (Å²) in [5.41, 5.74) is 0. The van der Waals surface area contributed by atoms with E-state index in [0.717, 1.165) is 12.4 Å². The first-order valence-electron chi connectivity index (χ1n) is 8.66. The van der Waals surface area contributed by atoms with Crippen LogP contribution in [0.3, 0.4) is 0 Å². The molecule has 0 bridgehead atoms. The van der Waals surface area contributed by atoms with E-state index in [-0.39, 0.29) is 6.03 Å². The van der Waals surface area contributed by atoms with E-state index in [2.05, 4.69) is 39.8 Å².